The third-order valence-corrected chi connectivity index (χ3v) is 14.4. The Labute approximate surface area is 314 Å². The van der Waals surface area contributed by atoms with E-state index in [2.05, 4.69) is 36.3 Å². The molecule has 12 heteroatoms. The summed E-state index contributed by atoms with van der Waals surface area (Å²) in [5.74, 6) is 2.48. The van der Waals surface area contributed by atoms with E-state index >= 15 is 0 Å². The lowest BCUT2D eigenvalue weighted by Gasteiger charge is -2.61. The van der Waals surface area contributed by atoms with Crippen LogP contribution in [0.15, 0.2) is 47.9 Å². The molecule has 2 aromatic rings. The monoisotopic (exact) mass is 740 g/mol. The minimum absolute atomic E-state index is 0.0914. The van der Waals surface area contributed by atoms with Gasteiger partial charge in [0.1, 0.15) is 11.5 Å². The van der Waals surface area contributed by atoms with Gasteiger partial charge in [-0.1, -0.05) is 12.1 Å². The lowest BCUT2D eigenvalue weighted by molar-refractivity contribution is -0.169. The van der Waals surface area contributed by atoms with Crippen LogP contribution in [0.25, 0.3) is 0 Å². The predicted octanol–water partition coefficient (Wildman–Crippen LogP) is 3.65. The number of rotatable bonds is 9. The maximum absolute atomic E-state index is 13.3. The smallest absolute Gasteiger partial charge is 0.310 e. The highest BCUT2D eigenvalue weighted by Crippen LogP contribution is 2.67. The number of ether oxygens (including phenoxy) is 6. The van der Waals surface area contributed by atoms with Crippen LogP contribution in [0, 0.1) is 0 Å². The van der Waals surface area contributed by atoms with E-state index in [1.807, 2.05) is 24.3 Å². The van der Waals surface area contributed by atoms with E-state index in [4.69, 9.17) is 28.4 Å². The molecule has 2 saturated heterocycles. The number of likely N-dealkylation sites (tertiary alicyclic amines) is 1. The number of nitrogens with zero attached hydrogens (tertiary/aromatic N) is 1. The molecule has 0 amide bonds. The molecule has 4 heterocycles. The van der Waals surface area contributed by atoms with Crippen molar-refractivity contribution in [3.8, 4) is 23.0 Å². The number of unbranched alkanes of at least 4 members (excludes halogenated alkanes) is 1. The van der Waals surface area contributed by atoms with Gasteiger partial charge in [0.15, 0.2) is 35.2 Å². The quantitative estimate of drug-likeness (QED) is 0.255. The Morgan fingerprint density at radius 2 is 1.39 bits per heavy atom. The summed E-state index contributed by atoms with van der Waals surface area (Å²) in [7, 11) is 5.28. The van der Waals surface area contributed by atoms with Gasteiger partial charge in [-0.05, 0) is 94.5 Å². The first-order valence-corrected chi connectivity index (χ1v) is 19.5. The highest BCUT2D eigenvalue weighted by molar-refractivity contribution is 5.73. The molecular weight excluding hydrogens is 692 g/mol. The fourth-order valence-electron chi connectivity index (χ4n) is 12.1. The van der Waals surface area contributed by atoms with Crippen molar-refractivity contribution < 1.29 is 48.2 Å². The van der Waals surface area contributed by atoms with Crippen molar-refractivity contribution in [1.29, 1.82) is 0 Å². The second-order valence-corrected chi connectivity index (χ2v) is 16.8. The highest BCUT2D eigenvalue weighted by Gasteiger charge is 2.73. The molecule has 9 atom stereocenters. The van der Waals surface area contributed by atoms with Crippen molar-refractivity contribution in [2.24, 2.45) is 0 Å². The number of nitrogens with one attached hydrogen (secondary N) is 1. The molecule has 12 nitrogen and oxygen atoms in total. The van der Waals surface area contributed by atoms with Crippen LogP contribution in [0.4, 0.5) is 0 Å². The molecule has 10 rings (SSSR count). The van der Waals surface area contributed by atoms with Gasteiger partial charge in [0.25, 0.3) is 0 Å². The van der Waals surface area contributed by atoms with Gasteiger partial charge >= 0.3 is 11.9 Å². The molecule has 286 valence electrons. The number of hydrogen-bond acceptors (Lipinski definition) is 12. The zero-order valence-electron chi connectivity index (χ0n) is 31.2. The zero-order valence-corrected chi connectivity index (χ0v) is 31.2. The molecular formula is C42H48N2O10. The maximum atomic E-state index is 13.3. The maximum Gasteiger partial charge on any atom is 0.310 e. The fourth-order valence-corrected chi connectivity index (χ4v) is 12.1. The lowest BCUT2D eigenvalue weighted by Crippen LogP contribution is -2.76. The Morgan fingerprint density at radius 1 is 0.833 bits per heavy atom. The van der Waals surface area contributed by atoms with Crippen LogP contribution in [0.2, 0.25) is 0 Å². The molecule has 4 bridgehead atoms. The van der Waals surface area contributed by atoms with Gasteiger partial charge in [-0.2, -0.15) is 0 Å². The van der Waals surface area contributed by atoms with Crippen molar-refractivity contribution in [2.75, 3.05) is 27.8 Å². The van der Waals surface area contributed by atoms with E-state index in [0.717, 1.165) is 28.8 Å². The molecule has 3 N–H and O–H groups in total. The van der Waals surface area contributed by atoms with Gasteiger partial charge in [0, 0.05) is 54.9 Å². The molecule has 2 spiro atoms. The fraction of sp³-hybridized carbons (Fsp3) is 0.571. The summed E-state index contributed by atoms with van der Waals surface area (Å²) in [6, 6.07) is 7.82. The summed E-state index contributed by atoms with van der Waals surface area (Å²) >= 11 is 0. The SMILES string of the molecule is COc1ccc2c3c1O[C@H]1C(OC(=O)CCCCC(=O)OC4=CC[C@@]5(O)[C@H]6Cc7ccc(OC)c8c7[C@@]5(CCN6C)[C@H]4O8)=CC[C@@]4(O)[C@@H](C2)NC(C)C[C@]314. The van der Waals surface area contributed by atoms with E-state index < -0.39 is 46.2 Å². The van der Waals surface area contributed by atoms with E-state index in [9.17, 15) is 19.8 Å². The third kappa shape index (κ3) is 4.23. The van der Waals surface area contributed by atoms with Crippen molar-refractivity contribution in [3.05, 3.63) is 70.2 Å². The van der Waals surface area contributed by atoms with Gasteiger partial charge < -0.3 is 48.9 Å². The Bertz CT molecular complexity index is 2050. The van der Waals surface area contributed by atoms with Crippen LogP contribution in [-0.2, 0) is 42.7 Å². The molecule has 1 unspecified atom stereocenters. The summed E-state index contributed by atoms with van der Waals surface area (Å²) in [5, 5.41) is 28.4. The van der Waals surface area contributed by atoms with Crippen LogP contribution in [0.1, 0.15) is 80.5 Å². The number of esters is 2. The number of methoxy groups -OCH3 is 2. The van der Waals surface area contributed by atoms with Crippen LogP contribution in [0.5, 0.6) is 23.0 Å². The van der Waals surface area contributed by atoms with Gasteiger partial charge in [0.05, 0.1) is 36.3 Å². The number of carbonyl (C=O) groups is 2. The van der Waals surface area contributed by atoms with Crippen LogP contribution >= 0.6 is 0 Å². The summed E-state index contributed by atoms with van der Waals surface area (Å²) in [6.07, 6.45) is 6.71. The average molecular weight is 741 g/mol. The second-order valence-electron chi connectivity index (χ2n) is 16.8. The molecule has 0 saturated carbocycles. The molecule has 8 aliphatic rings. The molecule has 2 fully saturated rings. The number of carbonyl (C=O) groups excluding carboxylic acids is 2. The van der Waals surface area contributed by atoms with Crippen LogP contribution in [-0.4, -0.2) is 96.4 Å². The minimum Gasteiger partial charge on any atom is -0.493 e. The highest BCUT2D eigenvalue weighted by atomic mass is 16.6. The van der Waals surface area contributed by atoms with Crippen molar-refractivity contribution in [3.63, 3.8) is 0 Å². The van der Waals surface area contributed by atoms with Crippen molar-refractivity contribution >= 4 is 11.9 Å². The van der Waals surface area contributed by atoms with Crippen molar-refractivity contribution in [2.45, 2.75) is 123 Å². The largest absolute Gasteiger partial charge is 0.493 e. The first-order chi connectivity index (χ1) is 26.0. The summed E-state index contributed by atoms with van der Waals surface area (Å²) in [5.41, 5.74) is 0.495. The third-order valence-electron chi connectivity index (χ3n) is 14.4. The van der Waals surface area contributed by atoms with Gasteiger partial charge in [-0.25, -0.2) is 0 Å². The first-order valence-electron chi connectivity index (χ1n) is 19.5. The molecule has 4 aliphatic heterocycles. The summed E-state index contributed by atoms with van der Waals surface area (Å²) in [4.78, 5) is 28.9. The Kier molecular flexibility index (Phi) is 7.46. The van der Waals surface area contributed by atoms with E-state index in [0.29, 0.717) is 85.9 Å². The van der Waals surface area contributed by atoms with Gasteiger partial charge in [-0.15, -0.1) is 0 Å². The molecule has 2 aromatic carbocycles. The predicted molar refractivity (Wildman–Crippen MR) is 194 cm³/mol. The average Bonchev–Trinajstić information content (AvgIpc) is 3.68. The van der Waals surface area contributed by atoms with Crippen LogP contribution < -0.4 is 24.3 Å². The molecule has 0 aromatic heterocycles. The second kappa shape index (κ2) is 11.7. The Balaban J connectivity index is 0.807. The van der Waals surface area contributed by atoms with E-state index in [-0.39, 0.29) is 31.0 Å². The lowest BCUT2D eigenvalue weighted by atomic mass is 9.49. The van der Waals surface area contributed by atoms with Crippen LogP contribution in [0.3, 0.4) is 0 Å². The number of aliphatic hydroxyl groups is 2. The van der Waals surface area contributed by atoms with E-state index in [1.165, 1.54) is 0 Å². The number of benzene rings is 2. The number of likely N-dealkylation sites (N-methyl/N-ethyl adjacent to an activating group) is 1. The summed E-state index contributed by atoms with van der Waals surface area (Å²) in [6.45, 7) is 2.90. The molecule has 4 aliphatic carbocycles. The zero-order chi connectivity index (χ0) is 37.4. The number of hydrogen-bond donors (Lipinski definition) is 3. The summed E-state index contributed by atoms with van der Waals surface area (Å²) < 4.78 is 36.7. The normalized spacial score (nSPS) is 37.1. The Hall–Kier alpha value is -4.10. The first kappa shape index (κ1) is 34.4. The minimum atomic E-state index is -1.11. The van der Waals surface area contributed by atoms with Crippen molar-refractivity contribution in [1.82, 2.24) is 10.2 Å². The van der Waals surface area contributed by atoms with Gasteiger partial charge in [0.2, 0.25) is 0 Å². The number of piperidine rings is 2. The Morgan fingerprint density at radius 3 is 2.00 bits per heavy atom. The standard InChI is InChI=1S/C42H48N2O10/c1-22-21-40-34-23-9-11-26(50-4)36(34)54-38(40)28(13-15-41(40,47)29(19-23)43-22)52-32(46)8-6-5-7-31(45)51-27-14-16-42(48)30-20-24-10-12-25(49-3)35-33(24)39(42,37(27)53-35)17-18-44(30)2/h9-14,22,29-30,37-38,43,47-48H,5-8,15-21H2,1-4H3/t22?,29-,30-,37+,38+,39+,40+,41-,42-/m1/s1. The molecule has 0 radical (unpaired) electrons. The molecule has 54 heavy (non-hydrogen) atoms. The van der Waals surface area contributed by atoms with E-state index in [1.54, 1.807) is 14.2 Å². The van der Waals surface area contributed by atoms with Gasteiger partial charge in [-0.3, -0.25) is 9.59 Å². The topological polar surface area (TPSA) is 145 Å².